The molecule has 0 bridgehead atoms. The monoisotopic (exact) mass is 290 g/mol. The van der Waals surface area contributed by atoms with Crippen LogP contribution in [-0.4, -0.2) is 30.0 Å². The normalized spacial score (nSPS) is 10.2. The van der Waals surface area contributed by atoms with Crippen molar-refractivity contribution in [1.82, 2.24) is 4.90 Å². The maximum atomic E-state index is 6.14. The van der Waals surface area contributed by atoms with E-state index in [2.05, 4.69) is 24.1 Å². The van der Waals surface area contributed by atoms with Crippen molar-refractivity contribution in [3.63, 3.8) is 0 Å². The van der Waals surface area contributed by atoms with E-state index in [0.29, 0.717) is 10.0 Å². The molecule has 94 valence electrons. The number of benzene rings is 1. The second-order valence-electron chi connectivity index (χ2n) is 3.54. The third kappa shape index (κ3) is 3.24. The molecule has 0 aliphatic rings. The van der Waals surface area contributed by atoms with Crippen molar-refractivity contribution in [3.05, 3.63) is 27.7 Å². The highest BCUT2D eigenvalue weighted by molar-refractivity contribution is 7.80. The molecule has 0 saturated heterocycles. The van der Waals surface area contributed by atoms with Crippen LogP contribution in [0.1, 0.15) is 19.4 Å². The van der Waals surface area contributed by atoms with Gasteiger partial charge in [-0.15, -0.1) is 0 Å². The molecule has 0 saturated carbocycles. The molecule has 0 heterocycles. The lowest BCUT2D eigenvalue weighted by atomic mass is 10.1. The number of thiocarbonyl (C=S) groups is 1. The molecule has 17 heavy (non-hydrogen) atoms. The molecule has 0 unspecified atom stereocenters. The van der Waals surface area contributed by atoms with Gasteiger partial charge in [0.05, 0.1) is 10.7 Å². The quantitative estimate of drug-likeness (QED) is 0.842. The van der Waals surface area contributed by atoms with Crippen LogP contribution in [0.2, 0.25) is 10.0 Å². The number of hydrogen-bond donors (Lipinski definition) is 1. The van der Waals surface area contributed by atoms with Gasteiger partial charge in [-0.05, 0) is 26.0 Å². The summed E-state index contributed by atoms with van der Waals surface area (Å²) in [6.07, 6.45) is 0. The SMILES string of the molecule is CCN(CC)C(=S)c1cc(Cl)cc(Cl)c1NC. The van der Waals surface area contributed by atoms with E-state index in [1.807, 2.05) is 13.1 Å². The smallest absolute Gasteiger partial charge is 0.111 e. The Kier molecular flexibility index (Phi) is 5.50. The Bertz CT molecular complexity index is 417. The second kappa shape index (κ2) is 6.43. The first-order valence-corrected chi connectivity index (χ1v) is 6.67. The summed E-state index contributed by atoms with van der Waals surface area (Å²) in [5.41, 5.74) is 1.71. The molecule has 2 nitrogen and oxygen atoms in total. The molecule has 0 aliphatic carbocycles. The fourth-order valence-corrected chi connectivity index (χ4v) is 2.68. The van der Waals surface area contributed by atoms with Gasteiger partial charge in [-0.1, -0.05) is 35.4 Å². The summed E-state index contributed by atoms with van der Waals surface area (Å²) in [7, 11) is 1.82. The zero-order valence-electron chi connectivity index (χ0n) is 10.2. The number of hydrogen-bond acceptors (Lipinski definition) is 2. The molecule has 1 aromatic rings. The van der Waals surface area contributed by atoms with Gasteiger partial charge in [-0.3, -0.25) is 0 Å². The van der Waals surface area contributed by atoms with Crippen LogP contribution in [0.3, 0.4) is 0 Å². The molecule has 0 aliphatic heterocycles. The van der Waals surface area contributed by atoms with Crippen LogP contribution in [0.4, 0.5) is 5.69 Å². The molecule has 0 atom stereocenters. The maximum Gasteiger partial charge on any atom is 0.111 e. The minimum atomic E-state index is 0.588. The van der Waals surface area contributed by atoms with E-state index in [-0.39, 0.29) is 0 Å². The van der Waals surface area contributed by atoms with Crippen LogP contribution in [0.5, 0.6) is 0 Å². The molecular formula is C12H16Cl2N2S. The zero-order chi connectivity index (χ0) is 13.0. The summed E-state index contributed by atoms with van der Waals surface area (Å²) >= 11 is 17.7. The van der Waals surface area contributed by atoms with Crippen molar-refractivity contribution >= 4 is 46.1 Å². The number of halogens is 2. The number of nitrogens with zero attached hydrogens (tertiary/aromatic N) is 1. The minimum Gasteiger partial charge on any atom is -0.386 e. The highest BCUT2D eigenvalue weighted by Gasteiger charge is 2.15. The summed E-state index contributed by atoms with van der Waals surface area (Å²) in [6, 6.07) is 3.56. The predicted octanol–water partition coefficient (Wildman–Crippen LogP) is 4.05. The van der Waals surface area contributed by atoms with E-state index in [1.165, 1.54) is 0 Å². The third-order valence-electron chi connectivity index (χ3n) is 2.59. The van der Waals surface area contributed by atoms with Crippen LogP contribution >= 0.6 is 35.4 Å². The molecule has 0 aromatic heterocycles. The Hall–Kier alpha value is -0.510. The van der Waals surface area contributed by atoms with Crippen molar-refractivity contribution < 1.29 is 0 Å². The van der Waals surface area contributed by atoms with Crippen LogP contribution in [-0.2, 0) is 0 Å². The lowest BCUT2D eigenvalue weighted by molar-refractivity contribution is 0.475. The Morgan fingerprint density at radius 3 is 2.35 bits per heavy atom. The maximum absolute atomic E-state index is 6.14. The third-order valence-corrected chi connectivity index (χ3v) is 3.58. The van der Waals surface area contributed by atoms with Crippen molar-refractivity contribution in [1.29, 1.82) is 0 Å². The Labute approximate surface area is 118 Å². The number of nitrogens with one attached hydrogen (secondary N) is 1. The minimum absolute atomic E-state index is 0.588. The van der Waals surface area contributed by atoms with Crippen LogP contribution in [0, 0.1) is 0 Å². The van der Waals surface area contributed by atoms with Gasteiger partial charge in [0, 0.05) is 30.7 Å². The lowest BCUT2D eigenvalue weighted by Crippen LogP contribution is -2.30. The summed E-state index contributed by atoms with van der Waals surface area (Å²) < 4.78 is 0. The second-order valence-corrected chi connectivity index (χ2v) is 4.77. The molecule has 5 heteroatoms. The first-order valence-electron chi connectivity index (χ1n) is 5.51. The molecule has 0 amide bonds. The summed E-state index contributed by atoms with van der Waals surface area (Å²) in [5.74, 6) is 0. The van der Waals surface area contributed by atoms with Crippen molar-refractivity contribution in [2.75, 3.05) is 25.5 Å². The van der Waals surface area contributed by atoms with E-state index in [1.54, 1.807) is 6.07 Å². The van der Waals surface area contributed by atoms with Gasteiger partial charge in [-0.2, -0.15) is 0 Å². The van der Waals surface area contributed by atoms with Crippen LogP contribution in [0.25, 0.3) is 0 Å². The van der Waals surface area contributed by atoms with Gasteiger partial charge < -0.3 is 10.2 Å². The summed E-state index contributed by atoms with van der Waals surface area (Å²) in [5, 5.41) is 4.25. The van der Waals surface area contributed by atoms with Gasteiger partial charge in [0.1, 0.15) is 4.99 Å². The Morgan fingerprint density at radius 1 is 1.29 bits per heavy atom. The molecule has 0 fully saturated rings. The number of anilines is 1. The van der Waals surface area contributed by atoms with Crippen LogP contribution < -0.4 is 5.32 Å². The first kappa shape index (κ1) is 14.6. The lowest BCUT2D eigenvalue weighted by Gasteiger charge is -2.24. The molecule has 1 rings (SSSR count). The predicted molar refractivity (Wildman–Crippen MR) is 80.6 cm³/mol. The van der Waals surface area contributed by atoms with Crippen LogP contribution in [0.15, 0.2) is 12.1 Å². The summed E-state index contributed by atoms with van der Waals surface area (Å²) in [6.45, 7) is 5.87. The topological polar surface area (TPSA) is 15.3 Å². The fourth-order valence-electron chi connectivity index (χ4n) is 1.68. The molecule has 0 spiro atoms. The van der Waals surface area contributed by atoms with Gasteiger partial charge in [0.25, 0.3) is 0 Å². The average molecular weight is 291 g/mol. The highest BCUT2D eigenvalue weighted by Crippen LogP contribution is 2.31. The molecule has 1 N–H and O–H groups in total. The van der Waals surface area contributed by atoms with Gasteiger partial charge in [-0.25, -0.2) is 0 Å². The van der Waals surface area contributed by atoms with Gasteiger partial charge in [0.15, 0.2) is 0 Å². The highest BCUT2D eigenvalue weighted by atomic mass is 35.5. The fraction of sp³-hybridized carbons (Fsp3) is 0.417. The Morgan fingerprint density at radius 2 is 1.88 bits per heavy atom. The standard InChI is InChI=1S/C12H16Cl2N2S/c1-4-16(5-2)12(17)9-6-8(13)7-10(14)11(9)15-3/h6-7,15H,4-5H2,1-3H3. The average Bonchev–Trinajstić information content (AvgIpc) is 2.29. The van der Waals surface area contributed by atoms with E-state index in [9.17, 15) is 0 Å². The first-order chi connectivity index (χ1) is 8.04. The van der Waals surface area contributed by atoms with Gasteiger partial charge >= 0.3 is 0 Å². The van der Waals surface area contributed by atoms with Crippen molar-refractivity contribution in [2.45, 2.75) is 13.8 Å². The van der Waals surface area contributed by atoms with E-state index >= 15 is 0 Å². The number of rotatable bonds is 4. The zero-order valence-corrected chi connectivity index (χ0v) is 12.5. The Balaban J connectivity index is 3.24. The van der Waals surface area contributed by atoms with Crippen molar-refractivity contribution in [2.24, 2.45) is 0 Å². The largest absolute Gasteiger partial charge is 0.386 e. The molecule has 0 radical (unpaired) electrons. The molecular weight excluding hydrogens is 275 g/mol. The van der Waals surface area contributed by atoms with Crippen molar-refractivity contribution in [3.8, 4) is 0 Å². The van der Waals surface area contributed by atoms with E-state index in [0.717, 1.165) is 29.3 Å². The summed E-state index contributed by atoms with van der Waals surface area (Å²) in [4.78, 5) is 2.86. The van der Waals surface area contributed by atoms with E-state index < -0.39 is 0 Å². The molecule has 1 aromatic carbocycles. The van der Waals surface area contributed by atoms with E-state index in [4.69, 9.17) is 35.4 Å². The van der Waals surface area contributed by atoms with Gasteiger partial charge in [0.2, 0.25) is 0 Å².